The van der Waals surface area contributed by atoms with E-state index in [0.29, 0.717) is 17.2 Å². The Morgan fingerprint density at radius 1 is 1.16 bits per heavy atom. The Morgan fingerprint density at radius 3 is 2.68 bits per heavy atom. The van der Waals surface area contributed by atoms with E-state index >= 15 is 0 Å². The first-order valence-corrected chi connectivity index (χ1v) is 6.36. The molecule has 0 bridgehead atoms. The van der Waals surface area contributed by atoms with Gasteiger partial charge in [-0.15, -0.1) is 0 Å². The lowest BCUT2D eigenvalue weighted by atomic mass is 10.1. The number of benzene rings is 2. The molecule has 0 aromatic heterocycles. The Bertz CT molecular complexity index is 644. The molecule has 19 heavy (non-hydrogen) atoms. The summed E-state index contributed by atoms with van der Waals surface area (Å²) < 4.78 is 5.79. The molecule has 0 N–H and O–H groups in total. The van der Waals surface area contributed by atoms with Gasteiger partial charge in [0.05, 0.1) is 11.6 Å². The molecule has 0 saturated heterocycles. The van der Waals surface area contributed by atoms with Gasteiger partial charge in [-0.25, -0.2) is 0 Å². The summed E-state index contributed by atoms with van der Waals surface area (Å²) in [6.45, 7) is 4.36. The lowest BCUT2D eigenvalue weighted by Gasteiger charge is -2.11. The first kappa shape index (κ1) is 13.5. The molecule has 0 spiro atoms. The second-order valence-corrected chi connectivity index (χ2v) is 4.91. The van der Waals surface area contributed by atoms with Crippen LogP contribution in [0.3, 0.4) is 0 Å². The molecule has 0 atom stereocenters. The fourth-order valence-corrected chi connectivity index (χ4v) is 2.00. The van der Waals surface area contributed by atoms with E-state index in [2.05, 4.69) is 6.07 Å². The zero-order valence-corrected chi connectivity index (χ0v) is 11.7. The maximum Gasteiger partial charge on any atom is 0.122 e. The van der Waals surface area contributed by atoms with E-state index in [-0.39, 0.29) is 0 Å². The van der Waals surface area contributed by atoms with Crippen molar-refractivity contribution >= 4 is 11.6 Å². The van der Waals surface area contributed by atoms with Crippen LogP contribution in [-0.4, -0.2) is 0 Å². The number of ether oxygens (including phenoxy) is 1. The summed E-state index contributed by atoms with van der Waals surface area (Å²) in [5.74, 6) is 0.837. The molecule has 2 rings (SSSR count). The Kier molecular flexibility index (Phi) is 4.09. The number of rotatable bonds is 3. The minimum atomic E-state index is 0.341. The minimum Gasteiger partial charge on any atom is -0.489 e. The largest absolute Gasteiger partial charge is 0.489 e. The summed E-state index contributed by atoms with van der Waals surface area (Å²) in [5, 5.41) is 9.67. The summed E-state index contributed by atoms with van der Waals surface area (Å²) in [6, 6.07) is 13.4. The lowest BCUT2D eigenvalue weighted by Crippen LogP contribution is -2.00. The fraction of sp³-hybridized carbons (Fsp3) is 0.188. The minimum absolute atomic E-state index is 0.341. The van der Waals surface area contributed by atoms with Crippen molar-refractivity contribution in [3.05, 3.63) is 63.7 Å². The third-order valence-corrected chi connectivity index (χ3v) is 3.15. The molecule has 0 aliphatic rings. The van der Waals surface area contributed by atoms with E-state index in [0.717, 1.165) is 22.4 Å². The van der Waals surface area contributed by atoms with Crippen LogP contribution in [0.15, 0.2) is 36.4 Å². The number of nitriles is 1. The van der Waals surface area contributed by atoms with Crippen molar-refractivity contribution in [1.82, 2.24) is 0 Å². The van der Waals surface area contributed by atoms with Crippen molar-refractivity contribution in [2.24, 2.45) is 0 Å². The standard InChI is InChI=1S/C16H14ClNO/c1-11-3-4-12(2)16(7-11)19-10-14-8-15(17)6-5-13(14)9-18/h3-8H,10H2,1-2H3. The van der Waals surface area contributed by atoms with Gasteiger partial charge in [0.15, 0.2) is 0 Å². The molecule has 2 nitrogen and oxygen atoms in total. The molecule has 0 aliphatic carbocycles. The molecule has 0 amide bonds. The summed E-state index contributed by atoms with van der Waals surface area (Å²) >= 11 is 5.95. The first-order chi connectivity index (χ1) is 9.10. The molecule has 2 aromatic carbocycles. The summed E-state index contributed by atoms with van der Waals surface area (Å²) in [6.07, 6.45) is 0. The number of hydrogen-bond donors (Lipinski definition) is 0. The number of aryl methyl sites for hydroxylation is 2. The molecule has 2 aromatic rings. The Balaban J connectivity index is 2.21. The van der Waals surface area contributed by atoms with Gasteiger partial charge in [-0.1, -0.05) is 23.7 Å². The fourth-order valence-electron chi connectivity index (χ4n) is 1.81. The highest BCUT2D eigenvalue weighted by Crippen LogP contribution is 2.22. The van der Waals surface area contributed by atoms with E-state index in [1.165, 1.54) is 0 Å². The van der Waals surface area contributed by atoms with Gasteiger partial charge in [-0.05, 0) is 49.2 Å². The van der Waals surface area contributed by atoms with Crippen LogP contribution in [0.4, 0.5) is 0 Å². The van der Waals surface area contributed by atoms with Crippen LogP contribution in [0.1, 0.15) is 22.3 Å². The summed E-state index contributed by atoms with van der Waals surface area (Å²) in [5.41, 5.74) is 3.61. The Hall–Kier alpha value is -1.98. The van der Waals surface area contributed by atoms with Crippen molar-refractivity contribution < 1.29 is 4.74 Å². The van der Waals surface area contributed by atoms with E-state index < -0.39 is 0 Å². The number of nitrogens with zero attached hydrogens (tertiary/aromatic N) is 1. The van der Waals surface area contributed by atoms with Crippen LogP contribution in [0.25, 0.3) is 0 Å². The van der Waals surface area contributed by atoms with Gasteiger partial charge in [0.1, 0.15) is 12.4 Å². The van der Waals surface area contributed by atoms with Crippen LogP contribution in [0.5, 0.6) is 5.75 Å². The maximum atomic E-state index is 9.06. The van der Waals surface area contributed by atoms with Crippen LogP contribution in [-0.2, 0) is 6.61 Å². The third-order valence-electron chi connectivity index (χ3n) is 2.91. The highest BCUT2D eigenvalue weighted by atomic mass is 35.5. The van der Waals surface area contributed by atoms with Crippen LogP contribution >= 0.6 is 11.6 Å². The average Bonchev–Trinajstić information content (AvgIpc) is 2.40. The molecule has 3 heteroatoms. The van der Waals surface area contributed by atoms with Crippen molar-refractivity contribution in [2.45, 2.75) is 20.5 Å². The third kappa shape index (κ3) is 3.27. The second-order valence-electron chi connectivity index (χ2n) is 4.47. The molecule has 96 valence electrons. The second kappa shape index (κ2) is 5.77. The van der Waals surface area contributed by atoms with Crippen LogP contribution < -0.4 is 4.74 Å². The average molecular weight is 272 g/mol. The number of hydrogen-bond acceptors (Lipinski definition) is 2. The van der Waals surface area contributed by atoms with Gasteiger partial charge < -0.3 is 4.74 Å². The van der Waals surface area contributed by atoms with Gasteiger partial charge in [-0.2, -0.15) is 5.26 Å². The van der Waals surface area contributed by atoms with Crippen molar-refractivity contribution in [3.63, 3.8) is 0 Å². The van der Waals surface area contributed by atoms with Crippen LogP contribution in [0, 0.1) is 25.2 Å². The summed E-state index contributed by atoms with van der Waals surface area (Å²) in [7, 11) is 0. The monoisotopic (exact) mass is 271 g/mol. The molecule has 0 heterocycles. The quantitative estimate of drug-likeness (QED) is 0.828. The van der Waals surface area contributed by atoms with E-state index in [1.807, 2.05) is 32.0 Å². The Morgan fingerprint density at radius 2 is 1.95 bits per heavy atom. The molecule has 0 radical (unpaired) electrons. The van der Waals surface area contributed by atoms with Crippen LogP contribution in [0.2, 0.25) is 5.02 Å². The Labute approximate surface area is 118 Å². The van der Waals surface area contributed by atoms with Gasteiger partial charge in [0.25, 0.3) is 0 Å². The van der Waals surface area contributed by atoms with Gasteiger partial charge in [0, 0.05) is 10.6 Å². The van der Waals surface area contributed by atoms with Crippen molar-refractivity contribution in [3.8, 4) is 11.8 Å². The topological polar surface area (TPSA) is 33.0 Å². The molecular weight excluding hydrogens is 258 g/mol. The maximum absolute atomic E-state index is 9.06. The molecule has 0 fully saturated rings. The lowest BCUT2D eigenvalue weighted by molar-refractivity contribution is 0.303. The molecular formula is C16H14ClNO. The predicted octanol–water partition coefficient (Wildman–Crippen LogP) is 4.41. The normalized spacial score (nSPS) is 10.0. The van der Waals surface area contributed by atoms with Crippen molar-refractivity contribution in [1.29, 1.82) is 5.26 Å². The molecule has 0 aliphatic heterocycles. The highest BCUT2D eigenvalue weighted by Gasteiger charge is 2.06. The highest BCUT2D eigenvalue weighted by molar-refractivity contribution is 6.30. The molecule has 0 unspecified atom stereocenters. The predicted molar refractivity (Wildman–Crippen MR) is 76.4 cm³/mol. The van der Waals surface area contributed by atoms with E-state index in [1.54, 1.807) is 18.2 Å². The van der Waals surface area contributed by atoms with Gasteiger partial charge >= 0.3 is 0 Å². The van der Waals surface area contributed by atoms with E-state index in [4.69, 9.17) is 21.6 Å². The SMILES string of the molecule is Cc1ccc(C)c(OCc2cc(Cl)ccc2C#N)c1. The molecule has 0 saturated carbocycles. The zero-order valence-electron chi connectivity index (χ0n) is 10.9. The van der Waals surface area contributed by atoms with Gasteiger partial charge in [-0.3, -0.25) is 0 Å². The smallest absolute Gasteiger partial charge is 0.122 e. The summed E-state index contributed by atoms with van der Waals surface area (Å²) in [4.78, 5) is 0. The van der Waals surface area contributed by atoms with Gasteiger partial charge in [0.2, 0.25) is 0 Å². The van der Waals surface area contributed by atoms with Crippen molar-refractivity contribution in [2.75, 3.05) is 0 Å². The van der Waals surface area contributed by atoms with E-state index in [9.17, 15) is 0 Å². The first-order valence-electron chi connectivity index (χ1n) is 5.99. The zero-order chi connectivity index (χ0) is 13.8. The number of halogens is 1.